The van der Waals surface area contributed by atoms with Crippen molar-refractivity contribution in [1.29, 1.82) is 0 Å². The zero-order valence-corrected chi connectivity index (χ0v) is 8.79. The summed E-state index contributed by atoms with van der Waals surface area (Å²) < 4.78 is 5.30. The van der Waals surface area contributed by atoms with E-state index in [0.717, 1.165) is 37.3 Å². The Morgan fingerprint density at radius 2 is 2.36 bits per heavy atom. The van der Waals surface area contributed by atoms with E-state index in [0.29, 0.717) is 0 Å². The maximum Gasteiger partial charge on any atom is 0.140 e. The first-order valence-corrected chi connectivity index (χ1v) is 5.03. The van der Waals surface area contributed by atoms with E-state index in [1.54, 1.807) is 0 Å². The molecule has 4 heteroatoms. The van der Waals surface area contributed by atoms with Crippen LogP contribution in [-0.2, 0) is 19.4 Å². The van der Waals surface area contributed by atoms with Crippen LogP contribution in [0.3, 0.4) is 0 Å². The van der Waals surface area contributed by atoms with Gasteiger partial charge in [-0.15, -0.1) is 0 Å². The lowest BCUT2D eigenvalue weighted by Gasteiger charge is -2.17. The van der Waals surface area contributed by atoms with Gasteiger partial charge in [0.05, 0.1) is 0 Å². The summed E-state index contributed by atoms with van der Waals surface area (Å²) in [5.41, 5.74) is 8.23. The molecule has 1 heterocycles. The average molecular weight is 195 g/mol. The maximum atomic E-state index is 5.93. The summed E-state index contributed by atoms with van der Waals surface area (Å²) in [5, 5.41) is 4.10. The highest BCUT2D eigenvalue weighted by Gasteiger charge is 2.23. The molecule has 1 aromatic heterocycles. The molecule has 0 saturated carbocycles. The van der Waals surface area contributed by atoms with Crippen LogP contribution < -0.4 is 5.73 Å². The molecule has 0 aromatic carbocycles. The third-order valence-electron chi connectivity index (χ3n) is 2.63. The molecule has 1 aromatic rings. The van der Waals surface area contributed by atoms with Gasteiger partial charge in [0.2, 0.25) is 0 Å². The molecule has 0 bridgehead atoms. The minimum atomic E-state index is 0.280. The Morgan fingerprint density at radius 3 is 3.07 bits per heavy atom. The Bertz CT molecular complexity index is 319. The lowest BCUT2D eigenvalue weighted by molar-refractivity contribution is 0.344. The highest BCUT2D eigenvalue weighted by Crippen LogP contribution is 2.24. The van der Waals surface area contributed by atoms with Gasteiger partial charge in [-0.2, -0.15) is 0 Å². The zero-order chi connectivity index (χ0) is 10.1. The molecule has 0 aliphatic heterocycles. The summed E-state index contributed by atoms with van der Waals surface area (Å²) in [6.07, 6.45) is 2.88. The van der Waals surface area contributed by atoms with E-state index < -0.39 is 0 Å². The fourth-order valence-electron chi connectivity index (χ4n) is 1.91. The van der Waals surface area contributed by atoms with Gasteiger partial charge in [-0.05, 0) is 26.9 Å². The largest absolute Gasteiger partial charge is 0.361 e. The molecular weight excluding hydrogens is 178 g/mol. The second-order valence-corrected chi connectivity index (χ2v) is 4.27. The molecule has 0 amide bonds. The van der Waals surface area contributed by atoms with Gasteiger partial charge in [0.1, 0.15) is 11.5 Å². The van der Waals surface area contributed by atoms with Crippen molar-refractivity contribution in [2.24, 2.45) is 5.73 Å². The number of hydrogen-bond donors (Lipinski definition) is 1. The van der Waals surface area contributed by atoms with Crippen LogP contribution in [0, 0.1) is 0 Å². The predicted octanol–water partition coefficient (Wildman–Crippen LogP) is 0.552. The first-order valence-electron chi connectivity index (χ1n) is 5.03. The van der Waals surface area contributed by atoms with Gasteiger partial charge < -0.3 is 15.2 Å². The second-order valence-electron chi connectivity index (χ2n) is 4.27. The van der Waals surface area contributed by atoms with Crippen LogP contribution >= 0.6 is 0 Å². The van der Waals surface area contributed by atoms with Crippen molar-refractivity contribution in [2.45, 2.75) is 31.8 Å². The van der Waals surface area contributed by atoms with E-state index in [1.807, 2.05) is 14.1 Å². The van der Waals surface area contributed by atoms with Crippen molar-refractivity contribution >= 4 is 0 Å². The van der Waals surface area contributed by atoms with Crippen molar-refractivity contribution < 1.29 is 4.52 Å². The number of fused-ring (bicyclic) bond motifs is 1. The van der Waals surface area contributed by atoms with Crippen molar-refractivity contribution in [2.75, 3.05) is 14.1 Å². The maximum absolute atomic E-state index is 5.93. The number of nitrogens with zero attached hydrogens (tertiary/aromatic N) is 2. The highest BCUT2D eigenvalue weighted by atomic mass is 16.5. The second kappa shape index (κ2) is 3.71. The average Bonchev–Trinajstić information content (AvgIpc) is 2.47. The molecule has 1 aliphatic rings. The van der Waals surface area contributed by atoms with Crippen LogP contribution in [0.5, 0.6) is 0 Å². The molecular formula is C10H17N3O. The van der Waals surface area contributed by atoms with Crippen molar-refractivity contribution in [3.63, 3.8) is 0 Å². The summed E-state index contributed by atoms with van der Waals surface area (Å²) in [4.78, 5) is 2.10. The first-order chi connectivity index (χ1) is 6.66. The van der Waals surface area contributed by atoms with E-state index in [9.17, 15) is 0 Å². The lowest BCUT2D eigenvalue weighted by Crippen LogP contribution is -2.28. The molecule has 0 spiro atoms. The van der Waals surface area contributed by atoms with Crippen molar-refractivity contribution in [1.82, 2.24) is 10.1 Å². The Morgan fingerprint density at radius 1 is 1.57 bits per heavy atom. The number of aromatic nitrogens is 1. The molecule has 1 aliphatic carbocycles. The quantitative estimate of drug-likeness (QED) is 0.749. The molecule has 2 N–H and O–H groups in total. The van der Waals surface area contributed by atoms with Crippen molar-refractivity contribution in [3.8, 4) is 0 Å². The van der Waals surface area contributed by atoms with E-state index in [1.165, 1.54) is 5.56 Å². The molecule has 1 atom stereocenters. The SMILES string of the molecule is CN(C)Cc1noc2c1CC(N)CC2. The fourth-order valence-corrected chi connectivity index (χ4v) is 1.91. The van der Waals surface area contributed by atoms with Crippen LogP contribution in [0.15, 0.2) is 4.52 Å². The fraction of sp³-hybridized carbons (Fsp3) is 0.700. The summed E-state index contributed by atoms with van der Waals surface area (Å²) in [5.74, 6) is 1.04. The molecule has 0 fully saturated rings. The van der Waals surface area contributed by atoms with Gasteiger partial charge in [0.25, 0.3) is 0 Å². The summed E-state index contributed by atoms with van der Waals surface area (Å²) in [7, 11) is 4.06. The number of aryl methyl sites for hydroxylation is 1. The normalized spacial score (nSPS) is 21.3. The Hall–Kier alpha value is -0.870. The minimum absolute atomic E-state index is 0.280. The third-order valence-corrected chi connectivity index (χ3v) is 2.63. The predicted molar refractivity (Wildman–Crippen MR) is 53.9 cm³/mol. The third kappa shape index (κ3) is 1.81. The standard InChI is InChI=1S/C10H17N3O/c1-13(2)6-9-8-5-7(11)3-4-10(8)14-12-9/h7H,3-6,11H2,1-2H3. The molecule has 0 saturated heterocycles. The van der Waals surface area contributed by atoms with E-state index in [4.69, 9.17) is 10.3 Å². The first kappa shape index (κ1) is 9.68. The van der Waals surface area contributed by atoms with Gasteiger partial charge in [-0.1, -0.05) is 5.16 Å². The number of nitrogens with two attached hydrogens (primary N) is 1. The Kier molecular flexibility index (Phi) is 2.56. The van der Waals surface area contributed by atoms with Crippen LogP contribution in [0.1, 0.15) is 23.4 Å². The topological polar surface area (TPSA) is 55.3 Å². The molecule has 2 rings (SSSR count). The molecule has 4 nitrogen and oxygen atoms in total. The van der Waals surface area contributed by atoms with Crippen molar-refractivity contribution in [3.05, 3.63) is 17.0 Å². The lowest BCUT2D eigenvalue weighted by atomic mass is 9.93. The van der Waals surface area contributed by atoms with Gasteiger partial charge in [-0.3, -0.25) is 0 Å². The van der Waals surface area contributed by atoms with Gasteiger partial charge >= 0.3 is 0 Å². The monoisotopic (exact) mass is 195 g/mol. The van der Waals surface area contributed by atoms with Crippen LogP contribution in [0.25, 0.3) is 0 Å². The van der Waals surface area contributed by atoms with Crippen LogP contribution in [0.2, 0.25) is 0 Å². The number of hydrogen-bond acceptors (Lipinski definition) is 4. The number of rotatable bonds is 2. The molecule has 1 unspecified atom stereocenters. The van der Waals surface area contributed by atoms with Gasteiger partial charge in [-0.25, -0.2) is 0 Å². The van der Waals surface area contributed by atoms with Crippen LogP contribution in [0.4, 0.5) is 0 Å². The molecule has 0 radical (unpaired) electrons. The van der Waals surface area contributed by atoms with E-state index in [-0.39, 0.29) is 6.04 Å². The molecule has 78 valence electrons. The molecule has 14 heavy (non-hydrogen) atoms. The summed E-state index contributed by atoms with van der Waals surface area (Å²) >= 11 is 0. The minimum Gasteiger partial charge on any atom is -0.361 e. The van der Waals surface area contributed by atoms with Crippen LogP contribution in [-0.4, -0.2) is 30.2 Å². The Balaban J connectivity index is 2.22. The van der Waals surface area contributed by atoms with E-state index >= 15 is 0 Å². The zero-order valence-electron chi connectivity index (χ0n) is 8.79. The Labute approximate surface area is 84.0 Å². The van der Waals surface area contributed by atoms with E-state index in [2.05, 4.69) is 10.1 Å². The van der Waals surface area contributed by atoms with Gasteiger partial charge in [0, 0.05) is 24.6 Å². The van der Waals surface area contributed by atoms with Gasteiger partial charge in [0.15, 0.2) is 0 Å². The highest BCUT2D eigenvalue weighted by molar-refractivity contribution is 5.26. The summed E-state index contributed by atoms with van der Waals surface area (Å²) in [6.45, 7) is 0.839. The summed E-state index contributed by atoms with van der Waals surface area (Å²) in [6, 6.07) is 0.280. The smallest absolute Gasteiger partial charge is 0.140 e.